The molecule has 0 aromatic carbocycles. The fourth-order valence-corrected chi connectivity index (χ4v) is 9.66. The largest absolute Gasteiger partial charge is 0.480 e. The van der Waals surface area contributed by atoms with E-state index in [9.17, 15) is 34.2 Å². The highest BCUT2D eigenvalue weighted by molar-refractivity contribution is 6.01. The lowest BCUT2D eigenvalue weighted by molar-refractivity contribution is -0.492. The molecule has 4 aliphatic carbocycles. The molecule has 1 saturated heterocycles. The number of aliphatic hydroxyl groups excluding tert-OH is 1. The molecule has 1 aliphatic heterocycles. The molecule has 4 unspecified atom stereocenters. The predicted octanol–water partition coefficient (Wildman–Crippen LogP) is 2.80. The number of amides is 1. The van der Waals surface area contributed by atoms with Gasteiger partial charge in [0.2, 0.25) is 11.7 Å². The second kappa shape index (κ2) is 15.3. The van der Waals surface area contributed by atoms with Crippen molar-refractivity contribution in [3.63, 3.8) is 0 Å². The number of fused-ring (bicyclic) bond motifs is 7. The summed E-state index contributed by atoms with van der Waals surface area (Å²) in [5, 5.41) is 40.5. The second-order valence-corrected chi connectivity index (χ2v) is 14.8. The van der Waals surface area contributed by atoms with E-state index in [0.29, 0.717) is 38.5 Å². The smallest absolute Gasteiger partial charge is 0.326 e. The molecule has 3 saturated carbocycles. The summed E-state index contributed by atoms with van der Waals surface area (Å²) in [6, 6.07) is -1.58. The van der Waals surface area contributed by atoms with Crippen molar-refractivity contribution in [3.05, 3.63) is 23.8 Å². The molecule has 0 bridgehead atoms. The van der Waals surface area contributed by atoms with E-state index in [2.05, 4.69) is 17.1 Å². The highest BCUT2D eigenvalue weighted by Gasteiger charge is 2.75. The molecule has 4 fully saturated rings. The van der Waals surface area contributed by atoms with Crippen molar-refractivity contribution in [3.8, 4) is 0 Å². The van der Waals surface area contributed by atoms with Gasteiger partial charge in [-0.1, -0.05) is 45.3 Å². The van der Waals surface area contributed by atoms with Gasteiger partial charge in [-0.25, -0.2) is 4.79 Å². The van der Waals surface area contributed by atoms with E-state index in [0.717, 1.165) is 18.4 Å². The van der Waals surface area contributed by atoms with Gasteiger partial charge in [0.05, 0.1) is 30.6 Å². The summed E-state index contributed by atoms with van der Waals surface area (Å²) in [5.74, 6) is -3.81. The van der Waals surface area contributed by atoms with Gasteiger partial charge in [0.25, 0.3) is 0 Å². The lowest BCUT2D eigenvalue weighted by Crippen LogP contribution is -2.63. The van der Waals surface area contributed by atoms with Crippen LogP contribution in [-0.2, 0) is 43.0 Å². The molecule has 0 aromatic heterocycles. The fraction of sp³-hybridized carbons (Fsp3) is 0.743. The zero-order valence-corrected chi connectivity index (χ0v) is 28.9. The zero-order valence-electron chi connectivity index (χ0n) is 28.9. The van der Waals surface area contributed by atoms with Crippen molar-refractivity contribution in [2.24, 2.45) is 28.6 Å². The van der Waals surface area contributed by atoms with Crippen molar-refractivity contribution >= 4 is 29.4 Å². The molecular formula is C35H50N2O13. The Morgan fingerprint density at radius 2 is 1.92 bits per heavy atom. The minimum atomic E-state index is -1.58. The van der Waals surface area contributed by atoms with Gasteiger partial charge in [-0.05, 0) is 68.9 Å². The Balaban J connectivity index is 1.25. The number of carboxylic acids is 1. The lowest BCUT2D eigenvalue weighted by atomic mass is 9.46. The van der Waals surface area contributed by atoms with Crippen LogP contribution in [0.3, 0.4) is 0 Å². The van der Waals surface area contributed by atoms with E-state index in [-0.39, 0.29) is 43.0 Å². The number of carboxylic acid groups (broad SMARTS) is 1. The molecule has 15 nitrogen and oxygen atoms in total. The van der Waals surface area contributed by atoms with Crippen LogP contribution < -0.4 is 5.32 Å². The van der Waals surface area contributed by atoms with Gasteiger partial charge in [0, 0.05) is 23.2 Å². The summed E-state index contributed by atoms with van der Waals surface area (Å²) >= 11 is 0. The maximum Gasteiger partial charge on any atom is 0.326 e. The summed E-state index contributed by atoms with van der Waals surface area (Å²) in [5.41, 5.74) is -1.85. The number of allylic oxidation sites excluding steroid dienone is 4. The fourth-order valence-electron chi connectivity index (χ4n) is 9.66. The minimum absolute atomic E-state index is 0.00945. The first kappa shape index (κ1) is 38.2. The number of ether oxygens (including phenoxy) is 3. The van der Waals surface area contributed by atoms with Gasteiger partial charge < -0.3 is 29.7 Å². The molecule has 1 amide bonds. The molecule has 0 spiro atoms. The number of ketones is 2. The Morgan fingerprint density at radius 3 is 2.62 bits per heavy atom. The van der Waals surface area contributed by atoms with Gasteiger partial charge in [0.1, 0.15) is 6.04 Å². The number of nitrogens with one attached hydrogen (secondary N) is 1. The molecule has 0 aromatic rings. The number of rotatable bonds is 16. The van der Waals surface area contributed by atoms with Crippen LogP contribution in [0.15, 0.2) is 23.8 Å². The Labute approximate surface area is 290 Å². The van der Waals surface area contributed by atoms with Crippen LogP contribution in [0, 0.1) is 28.6 Å². The van der Waals surface area contributed by atoms with E-state index in [1.54, 1.807) is 12.2 Å². The number of carbonyl (C=O) groups is 5. The Morgan fingerprint density at radius 1 is 1.16 bits per heavy atom. The van der Waals surface area contributed by atoms with Crippen molar-refractivity contribution < 1.29 is 63.6 Å². The molecule has 15 heteroatoms. The number of hydrogen-bond acceptors (Lipinski definition) is 13. The van der Waals surface area contributed by atoms with Crippen LogP contribution in [0.1, 0.15) is 91.4 Å². The summed E-state index contributed by atoms with van der Waals surface area (Å²) in [7, 11) is 0. The third-order valence-corrected chi connectivity index (χ3v) is 11.9. The summed E-state index contributed by atoms with van der Waals surface area (Å²) in [4.78, 5) is 68.1. The number of nitrogens with zero attached hydrogens (tertiary/aromatic N) is 1. The van der Waals surface area contributed by atoms with Crippen LogP contribution in [0.25, 0.3) is 0 Å². The van der Waals surface area contributed by atoms with Crippen molar-refractivity contribution in [2.75, 3.05) is 13.2 Å². The Kier molecular flexibility index (Phi) is 11.7. The predicted molar refractivity (Wildman–Crippen MR) is 171 cm³/mol. The molecule has 278 valence electrons. The van der Waals surface area contributed by atoms with Crippen molar-refractivity contribution in [1.82, 2.24) is 10.7 Å². The van der Waals surface area contributed by atoms with Crippen molar-refractivity contribution in [1.29, 1.82) is 0 Å². The third kappa shape index (κ3) is 7.18. The van der Waals surface area contributed by atoms with Crippen molar-refractivity contribution in [2.45, 2.75) is 122 Å². The quantitative estimate of drug-likeness (QED) is 0.0886. The van der Waals surface area contributed by atoms with Crippen LogP contribution in [0.2, 0.25) is 0 Å². The summed E-state index contributed by atoms with van der Waals surface area (Å²) < 4.78 is 18.3. The van der Waals surface area contributed by atoms with Gasteiger partial charge in [0.15, 0.2) is 24.3 Å². The SMILES string of the molecule is CCCC1O[C@@H]2CC3[C@@H]4CCC5=CC(=O)C=C[C@]5(C)C4[C@@H](O)C[C@]3(C)[C@]2(C(=O)COC(=O)CC(NC(=O)CCCCCON(O)O)C(=O)O)O1. The van der Waals surface area contributed by atoms with Crippen LogP contribution in [0.4, 0.5) is 0 Å². The Hall–Kier alpha value is -3.05. The van der Waals surface area contributed by atoms with E-state index in [4.69, 9.17) is 24.6 Å². The molecule has 5 rings (SSSR count). The molecule has 5 N–H and O–H groups in total. The van der Waals surface area contributed by atoms with Gasteiger partial charge in [-0.15, -0.1) is 0 Å². The number of unbranched alkanes of at least 4 members (excludes halogenated alkanes) is 2. The van der Waals surface area contributed by atoms with E-state index in [1.807, 2.05) is 19.9 Å². The first-order valence-corrected chi connectivity index (χ1v) is 17.6. The zero-order chi connectivity index (χ0) is 36.4. The highest BCUT2D eigenvalue weighted by atomic mass is 17.1. The van der Waals surface area contributed by atoms with Gasteiger partial charge >= 0.3 is 11.9 Å². The molecule has 10 atom stereocenters. The molecule has 5 aliphatic rings. The monoisotopic (exact) mass is 706 g/mol. The molecular weight excluding hydrogens is 656 g/mol. The average Bonchev–Trinajstić information content (AvgIpc) is 3.53. The first-order valence-electron chi connectivity index (χ1n) is 17.6. The molecule has 50 heavy (non-hydrogen) atoms. The van der Waals surface area contributed by atoms with E-state index in [1.165, 1.54) is 0 Å². The minimum Gasteiger partial charge on any atom is -0.480 e. The number of aliphatic hydroxyl groups is 1. The van der Waals surface area contributed by atoms with Crippen LogP contribution in [0.5, 0.6) is 0 Å². The number of aliphatic carboxylic acids is 1. The van der Waals surface area contributed by atoms with Crippen LogP contribution >= 0.6 is 0 Å². The molecule has 0 radical (unpaired) electrons. The third-order valence-electron chi connectivity index (χ3n) is 11.9. The maximum atomic E-state index is 14.3. The Bertz CT molecular complexity index is 1400. The topological polar surface area (TPSA) is 218 Å². The first-order chi connectivity index (χ1) is 23.7. The molecule has 1 heterocycles. The van der Waals surface area contributed by atoms with Gasteiger partial charge in [-0.3, -0.25) is 34.4 Å². The summed E-state index contributed by atoms with van der Waals surface area (Å²) in [6.45, 7) is 5.32. The van der Waals surface area contributed by atoms with E-state index < -0.39 is 83.0 Å². The maximum absolute atomic E-state index is 14.3. The van der Waals surface area contributed by atoms with E-state index >= 15 is 0 Å². The number of Topliss-reactive ketones (excluding diaryl/α,β-unsaturated/α-hetero) is 1. The highest BCUT2D eigenvalue weighted by Crippen LogP contribution is 2.69. The number of hydrogen-bond donors (Lipinski definition) is 5. The second-order valence-electron chi connectivity index (χ2n) is 14.8. The van der Waals surface area contributed by atoms with Crippen LogP contribution in [-0.4, -0.2) is 98.8 Å². The standard InChI is InChI=1S/C35H50N2O13/c1-4-8-30-49-27-16-23-22-11-10-20-15-21(38)12-13-33(20,2)31(22)25(39)18-34(23,3)35(27,50-30)26(40)19-47-29(42)17-24(32(43)44)36-28(41)9-6-5-7-14-48-37(45)46/h12-13,15,22-25,27,30-31,39,45-46H,4-11,14,16-19H2,1-3H3,(H,36,41)(H,43,44)/t22-,23?,24?,25-,27+,30?,31?,33-,34-,35+/m0/s1. The lowest BCUT2D eigenvalue weighted by Gasteiger charge is -2.59. The summed E-state index contributed by atoms with van der Waals surface area (Å²) in [6.07, 6.45) is 7.09. The number of esters is 1. The normalized spacial score (nSPS) is 36.1. The average molecular weight is 707 g/mol. The van der Waals surface area contributed by atoms with Gasteiger partial charge in [-0.2, -0.15) is 0 Å². The number of carbonyl (C=O) groups excluding carboxylic acids is 4.